The summed E-state index contributed by atoms with van der Waals surface area (Å²) in [6.45, 7) is 4.47. The normalized spacial score (nSPS) is 10.7. The first-order valence-electron chi connectivity index (χ1n) is 6.61. The summed E-state index contributed by atoms with van der Waals surface area (Å²) in [5, 5.41) is 7.58. The van der Waals surface area contributed by atoms with Crippen molar-refractivity contribution in [1.29, 1.82) is 5.41 Å². The van der Waals surface area contributed by atoms with E-state index in [0.717, 1.165) is 24.3 Å². The molecule has 2 rings (SSSR count). The quantitative estimate of drug-likeness (QED) is 0.619. The van der Waals surface area contributed by atoms with Gasteiger partial charge in [-0.2, -0.15) is 0 Å². The van der Waals surface area contributed by atoms with Gasteiger partial charge < -0.3 is 5.73 Å². The van der Waals surface area contributed by atoms with Gasteiger partial charge in [0.15, 0.2) is 0 Å². The highest BCUT2D eigenvalue weighted by molar-refractivity contribution is 5.94. The zero-order chi connectivity index (χ0) is 14.4. The Morgan fingerprint density at radius 2 is 1.95 bits per heavy atom. The van der Waals surface area contributed by atoms with E-state index in [1.54, 1.807) is 12.4 Å². The first-order valence-corrected chi connectivity index (χ1v) is 6.61. The molecule has 0 fully saturated rings. The molecule has 0 aliphatic carbocycles. The van der Waals surface area contributed by atoms with Crippen LogP contribution in [0.15, 0.2) is 42.7 Å². The Balaban J connectivity index is 2.13. The summed E-state index contributed by atoms with van der Waals surface area (Å²) in [7, 11) is 0. The number of hydrogen-bond acceptors (Lipinski definition) is 4. The van der Waals surface area contributed by atoms with Crippen molar-refractivity contribution in [2.24, 2.45) is 5.73 Å². The number of hydrogen-bond donors (Lipinski definition) is 2. The third-order valence-electron chi connectivity index (χ3n) is 3.10. The van der Waals surface area contributed by atoms with Crippen molar-refractivity contribution in [3.05, 3.63) is 59.7 Å². The van der Waals surface area contributed by atoms with Crippen LogP contribution >= 0.6 is 0 Å². The van der Waals surface area contributed by atoms with Crippen LogP contribution in [0.3, 0.4) is 0 Å². The van der Waals surface area contributed by atoms with Crippen molar-refractivity contribution in [3.63, 3.8) is 0 Å². The number of nitrogens with one attached hydrogen (secondary N) is 1. The number of pyridine rings is 2. The van der Waals surface area contributed by atoms with Crippen LogP contribution in [0.1, 0.15) is 23.9 Å². The Morgan fingerprint density at radius 1 is 1.15 bits per heavy atom. The third-order valence-corrected chi connectivity index (χ3v) is 3.10. The minimum atomic E-state index is 0.00879. The zero-order valence-electron chi connectivity index (χ0n) is 11.6. The average molecular weight is 269 g/mol. The topological polar surface area (TPSA) is 78.9 Å². The van der Waals surface area contributed by atoms with E-state index >= 15 is 0 Å². The van der Waals surface area contributed by atoms with Crippen LogP contribution in [0, 0.1) is 5.41 Å². The fraction of sp³-hybridized carbons (Fsp3) is 0.267. The van der Waals surface area contributed by atoms with Crippen molar-refractivity contribution < 1.29 is 0 Å². The summed E-state index contributed by atoms with van der Waals surface area (Å²) in [5.74, 6) is 0.00879. The van der Waals surface area contributed by atoms with E-state index in [2.05, 4.69) is 21.8 Å². The molecular weight excluding hydrogens is 250 g/mol. The molecule has 0 bridgehead atoms. The number of rotatable bonds is 6. The Kier molecular flexibility index (Phi) is 4.79. The molecule has 104 valence electrons. The molecular formula is C15H19N5. The maximum absolute atomic E-state index is 7.58. The van der Waals surface area contributed by atoms with Gasteiger partial charge in [-0.3, -0.25) is 20.3 Å². The molecule has 2 aromatic rings. The molecule has 2 aromatic heterocycles. The lowest BCUT2D eigenvalue weighted by Crippen LogP contribution is -2.25. The lowest BCUT2D eigenvalue weighted by atomic mass is 10.1. The predicted octanol–water partition coefficient (Wildman–Crippen LogP) is 1.78. The Labute approximate surface area is 119 Å². The van der Waals surface area contributed by atoms with E-state index in [1.165, 1.54) is 0 Å². The molecule has 0 amide bonds. The van der Waals surface area contributed by atoms with Crippen LogP contribution in [0.25, 0.3) is 0 Å². The summed E-state index contributed by atoms with van der Waals surface area (Å²) in [5.41, 5.74) is 8.14. The van der Waals surface area contributed by atoms with Gasteiger partial charge in [0, 0.05) is 25.5 Å². The summed E-state index contributed by atoms with van der Waals surface area (Å²) < 4.78 is 0. The van der Waals surface area contributed by atoms with Gasteiger partial charge in [0.05, 0.1) is 5.69 Å². The van der Waals surface area contributed by atoms with Crippen LogP contribution in [-0.2, 0) is 13.1 Å². The van der Waals surface area contributed by atoms with E-state index < -0.39 is 0 Å². The minimum Gasteiger partial charge on any atom is -0.382 e. The predicted molar refractivity (Wildman–Crippen MR) is 79.3 cm³/mol. The van der Waals surface area contributed by atoms with Gasteiger partial charge in [-0.1, -0.05) is 19.1 Å². The van der Waals surface area contributed by atoms with Gasteiger partial charge in [-0.15, -0.1) is 0 Å². The molecule has 5 heteroatoms. The van der Waals surface area contributed by atoms with E-state index in [9.17, 15) is 0 Å². The summed E-state index contributed by atoms with van der Waals surface area (Å²) in [6, 6.07) is 9.75. The molecule has 0 unspecified atom stereocenters. The largest absolute Gasteiger partial charge is 0.382 e. The Bertz CT molecular complexity index is 567. The summed E-state index contributed by atoms with van der Waals surface area (Å²) >= 11 is 0. The molecule has 2 heterocycles. The molecule has 0 spiro atoms. The fourth-order valence-electron chi connectivity index (χ4n) is 2.05. The monoisotopic (exact) mass is 269 g/mol. The van der Waals surface area contributed by atoms with E-state index in [0.29, 0.717) is 12.2 Å². The van der Waals surface area contributed by atoms with Crippen molar-refractivity contribution in [2.75, 3.05) is 6.54 Å². The van der Waals surface area contributed by atoms with Gasteiger partial charge in [-0.25, -0.2) is 0 Å². The molecule has 0 saturated heterocycles. The minimum absolute atomic E-state index is 0.00879. The van der Waals surface area contributed by atoms with E-state index in [1.807, 2.05) is 30.3 Å². The lowest BCUT2D eigenvalue weighted by molar-refractivity contribution is 0.267. The fourth-order valence-corrected chi connectivity index (χ4v) is 2.05. The highest BCUT2D eigenvalue weighted by Gasteiger charge is 2.11. The molecule has 3 N–H and O–H groups in total. The molecule has 5 nitrogen and oxygen atoms in total. The molecule has 0 saturated carbocycles. The van der Waals surface area contributed by atoms with Gasteiger partial charge in [0.25, 0.3) is 0 Å². The maximum atomic E-state index is 7.58. The average Bonchev–Trinajstić information content (AvgIpc) is 2.48. The lowest BCUT2D eigenvalue weighted by Gasteiger charge is -2.21. The molecule has 0 radical (unpaired) electrons. The zero-order valence-corrected chi connectivity index (χ0v) is 11.6. The number of nitrogen functional groups attached to an aromatic ring is 1. The van der Waals surface area contributed by atoms with Gasteiger partial charge in [-0.05, 0) is 30.3 Å². The van der Waals surface area contributed by atoms with Crippen LogP contribution in [0.4, 0.5) is 0 Å². The smallest absolute Gasteiger partial charge is 0.142 e. The standard InChI is InChI=1S/C15H19N5/c1-2-20(11-13-7-3-4-8-18-13)10-12-6-5-9-19-14(12)15(16)17/h3-9H,2,10-11H2,1H3,(H3,16,17). The van der Waals surface area contributed by atoms with Gasteiger partial charge in [0.2, 0.25) is 0 Å². The highest BCUT2D eigenvalue weighted by atomic mass is 15.1. The van der Waals surface area contributed by atoms with Gasteiger partial charge in [0.1, 0.15) is 11.5 Å². The Morgan fingerprint density at radius 3 is 2.60 bits per heavy atom. The molecule has 0 atom stereocenters. The maximum Gasteiger partial charge on any atom is 0.142 e. The second kappa shape index (κ2) is 6.77. The number of nitrogens with zero attached hydrogens (tertiary/aromatic N) is 3. The van der Waals surface area contributed by atoms with E-state index in [-0.39, 0.29) is 5.84 Å². The van der Waals surface area contributed by atoms with E-state index in [4.69, 9.17) is 11.1 Å². The first-order chi connectivity index (χ1) is 9.70. The number of aromatic nitrogens is 2. The summed E-state index contributed by atoms with van der Waals surface area (Å²) in [6.07, 6.45) is 3.46. The SMILES string of the molecule is CCN(Cc1ccccn1)Cc1cccnc1C(=N)N. The van der Waals surface area contributed by atoms with Gasteiger partial charge >= 0.3 is 0 Å². The van der Waals surface area contributed by atoms with Crippen molar-refractivity contribution in [1.82, 2.24) is 14.9 Å². The van der Waals surface area contributed by atoms with Crippen molar-refractivity contribution in [2.45, 2.75) is 20.0 Å². The van der Waals surface area contributed by atoms with Crippen molar-refractivity contribution in [3.8, 4) is 0 Å². The van der Waals surface area contributed by atoms with Crippen LogP contribution < -0.4 is 5.73 Å². The van der Waals surface area contributed by atoms with Crippen molar-refractivity contribution >= 4 is 5.84 Å². The summed E-state index contributed by atoms with van der Waals surface area (Å²) in [4.78, 5) is 10.8. The third kappa shape index (κ3) is 3.61. The molecule has 0 aliphatic heterocycles. The molecule has 0 aromatic carbocycles. The highest BCUT2D eigenvalue weighted by Crippen LogP contribution is 2.11. The van der Waals surface area contributed by atoms with Crippen LogP contribution in [0.5, 0.6) is 0 Å². The first kappa shape index (κ1) is 14.1. The number of amidine groups is 1. The second-order valence-electron chi connectivity index (χ2n) is 4.55. The molecule has 20 heavy (non-hydrogen) atoms. The van der Waals surface area contributed by atoms with Crippen LogP contribution in [0.2, 0.25) is 0 Å². The second-order valence-corrected chi connectivity index (χ2v) is 4.55. The van der Waals surface area contributed by atoms with Crippen LogP contribution in [-0.4, -0.2) is 27.2 Å². The number of nitrogens with two attached hydrogens (primary N) is 1. The Hall–Kier alpha value is -2.27. The molecule has 0 aliphatic rings.